The average Bonchev–Trinajstić information content (AvgIpc) is 2.64. The summed E-state index contributed by atoms with van der Waals surface area (Å²) < 4.78 is 4.75. The molecule has 1 aliphatic carbocycles. The maximum absolute atomic E-state index is 12.6. The van der Waals surface area contributed by atoms with E-state index in [2.05, 4.69) is 5.32 Å². The van der Waals surface area contributed by atoms with Crippen molar-refractivity contribution in [3.63, 3.8) is 0 Å². The molecule has 0 saturated heterocycles. The number of esters is 1. The lowest BCUT2D eigenvalue weighted by Gasteiger charge is -2.18. The summed E-state index contributed by atoms with van der Waals surface area (Å²) in [6, 6.07) is 11.1. The monoisotopic (exact) mass is 337 g/mol. The fourth-order valence-electron chi connectivity index (χ4n) is 2.62. The Balaban J connectivity index is 1.83. The molecule has 0 heterocycles. The molecule has 0 saturated carbocycles. The van der Waals surface area contributed by atoms with Crippen molar-refractivity contribution in [2.75, 3.05) is 11.9 Å². The highest BCUT2D eigenvalue weighted by molar-refractivity contribution is 6.28. The molecular weight excluding hydrogens is 322 g/mol. The van der Waals surface area contributed by atoms with Gasteiger partial charge in [0.25, 0.3) is 5.91 Å². The molecule has 0 spiro atoms. The van der Waals surface area contributed by atoms with Gasteiger partial charge in [0, 0.05) is 34.4 Å². The van der Waals surface area contributed by atoms with Crippen molar-refractivity contribution in [3.05, 3.63) is 64.7 Å². The first kappa shape index (κ1) is 16.6. The van der Waals surface area contributed by atoms with E-state index in [0.29, 0.717) is 22.4 Å². The van der Waals surface area contributed by atoms with E-state index in [9.17, 15) is 19.2 Å². The largest absolute Gasteiger partial charge is 0.456 e. The van der Waals surface area contributed by atoms with Crippen LogP contribution in [0.2, 0.25) is 0 Å². The van der Waals surface area contributed by atoms with E-state index >= 15 is 0 Å². The van der Waals surface area contributed by atoms with E-state index in [-0.39, 0.29) is 23.6 Å². The van der Waals surface area contributed by atoms with Gasteiger partial charge < -0.3 is 10.1 Å². The summed E-state index contributed by atoms with van der Waals surface area (Å²) in [5, 5.41) is 2.55. The third kappa shape index (κ3) is 3.19. The highest BCUT2D eigenvalue weighted by Gasteiger charge is 2.29. The van der Waals surface area contributed by atoms with Gasteiger partial charge in [-0.15, -0.1) is 0 Å². The molecule has 1 N–H and O–H groups in total. The van der Waals surface area contributed by atoms with E-state index in [4.69, 9.17) is 4.74 Å². The van der Waals surface area contributed by atoms with E-state index in [1.54, 1.807) is 31.2 Å². The van der Waals surface area contributed by atoms with E-state index < -0.39 is 18.5 Å². The molecule has 2 aromatic rings. The van der Waals surface area contributed by atoms with Crippen LogP contribution in [0, 0.1) is 0 Å². The minimum atomic E-state index is -0.517. The number of hydrogen-bond acceptors (Lipinski definition) is 5. The van der Waals surface area contributed by atoms with E-state index in [1.807, 2.05) is 0 Å². The number of hydrogen-bond donors (Lipinski definition) is 1. The topological polar surface area (TPSA) is 89.5 Å². The Kier molecular flexibility index (Phi) is 4.43. The molecule has 1 aliphatic rings. The normalized spacial score (nSPS) is 12.2. The highest BCUT2D eigenvalue weighted by Crippen LogP contribution is 2.29. The number of benzene rings is 2. The Morgan fingerprint density at radius 2 is 1.52 bits per heavy atom. The van der Waals surface area contributed by atoms with Crippen molar-refractivity contribution < 1.29 is 23.9 Å². The van der Waals surface area contributed by atoms with Crippen molar-refractivity contribution >= 4 is 29.1 Å². The summed E-state index contributed by atoms with van der Waals surface area (Å²) in [4.78, 5) is 48.0. The van der Waals surface area contributed by atoms with Gasteiger partial charge in [0.15, 0.2) is 18.2 Å². The zero-order valence-corrected chi connectivity index (χ0v) is 13.5. The molecule has 126 valence electrons. The summed E-state index contributed by atoms with van der Waals surface area (Å²) in [6.07, 6.45) is 0.183. The van der Waals surface area contributed by atoms with E-state index in [0.717, 1.165) is 0 Å². The van der Waals surface area contributed by atoms with Crippen molar-refractivity contribution in [2.24, 2.45) is 0 Å². The van der Waals surface area contributed by atoms with Gasteiger partial charge in [-0.25, -0.2) is 0 Å². The summed E-state index contributed by atoms with van der Waals surface area (Å²) in [6.45, 7) is 1.23. The maximum atomic E-state index is 12.6. The molecule has 0 atom stereocenters. The van der Waals surface area contributed by atoms with Gasteiger partial charge in [-0.2, -0.15) is 0 Å². The fourth-order valence-corrected chi connectivity index (χ4v) is 2.62. The minimum absolute atomic E-state index is 0.183. The molecule has 0 radical (unpaired) electrons. The first-order chi connectivity index (χ1) is 12.0. The first-order valence-electron chi connectivity index (χ1n) is 7.79. The minimum Gasteiger partial charge on any atom is -0.456 e. The van der Waals surface area contributed by atoms with Crippen LogP contribution in [0.3, 0.4) is 0 Å². The predicted octanol–water partition coefficient (Wildman–Crippen LogP) is 2.35. The average molecular weight is 337 g/mol. The second-order valence-electron chi connectivity index (χ2n) is 5.53. The Hall–Kier alpha value is -3.28. The molecule has 2 aromatic carbocycles. The fraction of sp³-hybridized carbons (Fsp3) is 0.158. The van der Waals surface area contributed by atoms with Crippen molar-refractivity contribution in [1.82, 2.24) is 0 Å². The summed E-state index contributed by atoms with van der Waals surface area (Å²) in [5.41, 5.74) is 1.63. The number of carbonyl (C=O) groups excluding carboxylic acids is 4. The van der Waals surface area contributed by atoms with Gasteiger partial charge in [0.05, 0.1) is 0 Å². The number of ether oxygens (including phenoxy) is 1. The predicted molar refractivity (Wildman–Crippen MR) is 89.6 cm³/mol. The molecule has 1 amide bonds. The SMILES string of the molecule is CCC(=O)OCC(=O)Nc1ccc2c(c1)C(=O)c1ccccc1C2=O. The number of fused-ring (bicyclic) bond motifs is 2. The first-order valence-corrected chi connectivity index (χ1v) is 7.79. The second kappa shape index (κ2) is 6.68. The number of ketones is 2. The molecule has 0 aromatic heterocycles. The Labute approximate surface area is 143 Å². The van der Waals surface area contributed by atoms with Crippen molar-refractivity contribution in [1.29, 1.82) is 0 Å². The Morgan fingerprint density at radius 3 is 2.16 bits per heavy atom. The summed E-state index contributed by atoms with van der Waals surface area (Å²) in [7, 11) is 0. The smallest absolute Gasteiger partial charge is 0.306 e. The third-order valence-electron chi connectivity index (χ3n) is 3.86. The lowest BCUT2D eigenvalue weighted by Crippen LogP contribution is -2.23. The van der Waals surface area contributed by atoms with Crippen LogP contribution < -0.4 is 5.32 Å². The number of carbonyl (C=O) groups is 4. The van der Waals surface area contributed by atoms with Gasteiger partial charge in [-0.05, 0) is 18.2 Å². The van der Waals surface area contributed by atoms with Gasteiger partial charge in [-0.3, -0.25) is 19.2 Å². The Morgan fingerprint density at radius 1 is 0.920 bits per heavy atom. The number of rotatable bonds is 4. The zero-order chi connectivity index (χ0) is 18.0. The summed E-state index contributed by atoms with van der Waals surface area (Å²) >= 11 is 0. The second-order valence-corrected chi connectivity index (χ2v) is 5.53. The molecule has 0 aliphatic heterocycles. The highest BCUT2D eigenvalue weighted by atomic mass is 16.5. The standard InChI is InChI=1S/C19H15NO5/c1-2-17(22)25-10-16(21)20-11-7-8-14-15(9-11)19(24)13-6-4-3-5-12(13)18(14)23/h3-9H,2,10H2,1H3,(H,20,21). The molecule has 25 heavy (non-hydrogen) atoms. The van der Waals surface area contributed by atoms with Gasteiger partial charge in [0.2, 0.25) is 0 Å². The van der Waals surface area contributed by atoms with Crippen molar-refractivity contribution in [3.8, 4) is 0 Å². The Bertz CT molecular complexity index is 900. The zero-order valence-electron chi connectivity index (χ0n) is 13.5. The van der Waals surface area contributed by atoms with Crippen LogP contribution >= 0.6 is 0 Å². The van der Waals surface area contributed by atoms with Crippen molar-refractivity contribution in [2.45, 2.75) is 13.3 Å². The van der Waals surface area contributed by atoms with Gasteiger partial charge in [-0.1, -0.05) is 31.2 Å². The molecule has 3 rings (SSSR count). The molecule has 0 fully saturated rings. The van der Waals surface area contributed by atoms with Crippen LogP contribution in [0.1, 0.15) is 45.2 Å². The lowest BCUT2D eigenvalue weighted by atomic mass is 9.84. The van der Waals surface area contributed by atoms with Crippen LogP contribution in [-0.4, -0.2) is 30.0 Å². The molecule has 6 heteroatoms. The maximum Gasteiger partial charge on any atom is 0.306 e. The van der Waals surface area contributed by atoms with Crippen LogP contribution in [0.25, 0.3) is 0 Å². The quantitative estimate of drug-likeness (QED) is 0.738. The molecular formula is C19H15NO5. The molecule has 0 unspecified atom stereocenters. The molecule has 0 bridgehead atoms. The molecule has 6 nitrogen and oxygen atoms in total. The van der Waals surface area contributed by atoms with Crippen LogP contribution in [0.5, 0.6) is 0 Å². The third-order valence-corrected chi connectivity index (χ3v) is 3.86. The van der Waals surface area contributed by atoms with Crippen LogP contribution in [0.4, 0.5) is 5.69 Å². The lowest BCUT2D eigenvalue weighted by molar-refractivity contribution is -0.146. The van der Waals surface area contributed by atoms with Gasteiger partial charge >= 0.3 is 5.97 Å². The van der Waals surface area contributed by atoms with E-state index in [1.165, 1.54) is 18.2 Å². The van der Waals surface area contributed by atoms with Crippen LogP contribution in [-0.2, 0) is 14.3 Å². The number of nitrogens with one attached hydrogen (secondary N) is 1. The summed E-state index contributed by atoms with van der Waals surface area (Å²) in [5.74, 6) is -1.48. The van der Waals surface area contributed by atoms with Gasteiger partial charge in [0.1, 0.15) is 0 Å². The number of anilines is 1. The van der Waals surface area contributed by atoms with Crippen LogP contribution in [0.15, 0.2) is 42.5 Å². The number of amides is 1.